The SMILES string of the molecule is CCOc1ccc(/C=C/C(=O)NCC2CCN(CC(c3ccccc3)c3ccccc3)C(=O)C(CCCNC(N)=NC)N2)cc1. The highest BCUT2D eigenvalue weighted by atomic mass is 16.5. The highest BCUT2D eigenvalue weighted by Crippen LogP contribution is 2.27. The molecular weight excluding hydrogens is 564 g/mol. The predicted octanol–water partition coefficient (Wildman–Crippen LogP) is 3.92. The van der Waals surface area contributed by atoms with Crippen molar-refractivity contribution in [1.82, 2.24) is 20.9 Å². The van der Waals surface area contributed by atoms with E-state index in [2.05, 4.69) is 45.2 Å². The smallest absolute Gasteiger partial charge is 0.244 e. The second kappa shape index (κ2) is 17.6. The van der Waals surface area contributed by atoms with Gasteiger partial charge in [-0.15, -0.1) is 0 Å². The molecule has 3 aromatic carbocycles. The number of hydrogen-bond donors (Lipinski definition) is 4. The Morgan fingerprint density at radius 1 is 1.04 bits per heavy atom. The van der Waals surface area contributed by atoms with Gasteiger partial charge in [0.05, 0.1) is 12.6 Å². The van der Waals surface area contributed by atoms with Crippen LogP contribution in [0.5, 0.6) is 5.75 Å². The number of carbonyl (C=O) groups excluding carboxylic acids is 2. The number of nitrogens with zero attached hydrogens (tertiary/aromatic N) is 2. The summed E-state index contributed by atoms with van der Waals surface area (Å²) in [6.07, 6.45) is 5.40. The van der Waals surface area contributed by atoms with Crippen molar-refractivity contribution in [2.75, 3.05) is 39.8 Å². The zero-order valence-corrected chi connectivity index (χ0v) is 26.3. The molecule has 0 spiro atoms. The zero-order chi connectivity index (χ0) is 31.9. The minimum atomic E-state index is -0.386. The van der Waals surface area contributed by atoms with Crippen LogP contribution in [0.1, 0.15) is 48.8 Å². The van der Waals surface area contributed by atoms with Crippen LogP contribution >= 0.6 is 0 Å². The monoisotopic (exact) mass is 610 g/mol. The first kappa shape index (κ1) is 33.3. The first-order valence-electron chi connectivity index (χ1n) is 15.8. The average molecular weight is 611 g/mol. The van der Waals surface area contributed by atoms with E-state index >= 15 is 0 Å². The Morgan fingerprint density at radius 2 is 1.71 bits per heavy atom. The van der Waals surface area contributed by atoms with Gasteiger partial charge in [0.2, 0.25) is 11.8 Å². The molecule has 2 atom stereocenters. The maximum atomic E-state index is 14.0. The van der Waals surface area contributed by atoms with Gasteiger partial charge >= 0.3 is 0 Å². The fourth-order valence-corrected chi connectivity index (χ4v) is 5.52. The first-order valence-corrected chi connectivity index (χ1v) is 15.8. The van der Waals surface area contributed by atoms with Crippen LogP contribution in [0.15, 0.2) is 96.0 Å². The van der Waals surface area contributed by atoms with Gasteiger partial charge in [-0.05, 0) is 61.1 Å². The van der Waals surface area contributed by atoms with Crippen LogP contribution in [0.25, 0.3) is 6.08 Å². The van der Waals surface area contributed by atoms with Gasteiger partial charge in [0, 0.05) is 51.3 Å². The molecule has 3 aromatic rings. The largest absolute Gasteiger partial charge is 0.494 e. The van der Waals surface area contributed by atoms with Crippen LogP contribution in [0.3, 0.4) is 0 Å². The summed E-state index contributed by atoms with van der Waals surface area (Å²) >= 11 is 0. The topological polar surface area (TPSA) is 121 Å². The van der Waals surface area contributed by atoms with Crippen molar-refractivity contribution in [1.29, 1.82) is 0 Å². The summed E-state index contributed by atoms with van der Waals surface area (Å²) in [7, 11) is 1.64. The van der Waals surface area contributed by atoms with E-state index < -0.39 is 0 Å². The third kappa shape index (κ3) is 10.5. The van der Waals surface area contributed by atoms with Gasteiger partial charge in [-0.2, -0.15) is 0 Å². The quantitative estimate of drug-likeness (QED) is 0.0951. The van der Waals surface area contributed by atoms with E-state index in [0.29, 0.717) is 45.2 Å². The van der Waals surface area contributed by atoms with Crippen molar-refractivity contribution in [3.63, 3.8) is 0 Å². The molecule has 4 rings (SSSR count). The van der Waals surface area contributed by atoms with E-state index in [4.69, 9.17) is 10.5 Å². The minimum Gasteiger partial charge on any atom is -0.494 e. The molecule has 238 valence electrons. The lowest BCUT2D eigenvalue weighted by Crippen LogP contribution is -2.49. The number of nitrogens with two attached hydrogens (primary N) is 1. The number of aliphatic imine (C=N–C) groups is 1. The van der Waals surface area contributed by atoms with Gasteiger partial charge < -0.3 is 31.3 Å². The van der Waals surface area contributed by atoms with Crippen molar-refractivity contribution in [2.45, 2.75) is 44.2 Å². The van der Waals surface area contributed by atoms with Crippen LogP contribution in [-0.4, -0.2) is 74.6 Å². The number of hydrogen-bond acceptors (Lipinski definition) is 5. The Hall–Kier alpha value is -4.63. The van der Waals surface area contributed by atoms with Gasteiger partial charge in [-0.25, -0.2) is 0 Å². The molecule has 0 aromatic heterocycles. The lowest BCUT2D eigenvalue weighted by Gasteiger charge is -2.29. The molecular formula is C36H46N6O3. The highest BCUT2D eigenvalue weighted by molar-refractivity contribution is 5.91. The average Bonchev–Trinajstić information content (AvgIpc) is 3.22. The molecule has 2 amide bonds. The molecule has 9 nitrogen and oxygen atoms in total. The number of carbonyl (C=O) groups is 2. The van der Waals surface area contributed by atoms with E-state index in [1.54, 1.807) is 13.1 Å². The molecule has 1 heterocycles. The van der Waals surface area contributed by atoms with E-state index in [0.717, 1.165) is 24.2 Å². The van der Waals surface area contributed by atoms with E-state index in [1.165, 1.54) is 17.2 Å². The van der Waals surface area contributed by atoms with Gasteiger partial charge in [0.15, 0.2) is 5.96 Å². The molecule has 2 unspecified atom stereocenters. The summed E-state index contributed by atoms with van der Waals surface area (Å²) in [6.45, 7) is 4.75. The Morgan fingerprint density at radius 3 is 2.33 bits per heavy atom. The molecule has 0 saturated carbocycles. The Kier molecular flexibility index (Phi) is 13.0. The summed E-state index contributed by atoms with van der Waals surface area (Å²) in [5.41, 5.74) is 9.06. The number of amides is 2. The van der Waals surface area contributed by atoms with Crippen LogP contribution in [-0.2, 0) is 9.59 Å². The molecule has 1 saturated heterocycles. The van der Waals surface area contributed by atoms with Crippen LogP contribution in [0.4, 0.5) is 0 Å². The second-order valence-corrected chi connectivity index (χ2v) is 11.1. The van der Waals surface area contributed by atoms with Crippen LogP contribution < -0.4 is 26.4 Å². The fraction of sp³-hybridized carbons (Fsp3) is 0.361. The van der Waals surface area contributed by atoms with Crippen molar-refractivity contribution >= 4 is 23.8 Å². The molecule has 0 bridgehead atoms. The van der Waals surface area contributed by atoms with Crippen molar-refractivity contribution in [3.8, 4) is 5.75 Å². The van der Waals surface area contributed by atoms with Gasteiger partial charge in [-0.1, -0.05) is 72.8 Å². The van der Waals surface area contributed by atoms with E-state index in [9.17, 15) is 9.59 Å². The Balaban J connectivity index is 1.43. The standard InChI is InChI=1S/C36H46N6O3/c1-3-45-31-19-16-27(17-20-31)18-21-34(43)40-25-30-22-24-42(35(44)33(41-30)15-10-23-39-36(37)38-2)26-32(28-11-6-4-7-12-28)29-13-8-5-9-14-29/h4-9,11-14,16-21,30,32-33,41H,3,10,15,22-26H2,1-2H3,(H,40,43)(H3,37,38,39)/b21-18+. The van der Waals surface area contributed by atoms with Crippen LogP contribution in [0, 0.1) is 0 Å². The number of ether oxygens (including phenoxy) is 1. The highest BCUT2D eigenvalue weighted by Gasteiger charge is 2.32. The number of nitrogens with one attached hydrogen (secondary N) is 3. The number of benzene rings is 3. The maximum absolute atomic E-state index is 14.0. The van der Waals surface area contributed by atoms with E-state index in [-0.39, 0.29) is 29.8 Å². The minimum absolute atomic E-state index is 0.0446. The summed E-state index contributed by atoms with van der Waals surface area (Å²) < 4.78 is 5.49. The van der Waals surface area contributed by atoms with Crippen molar-refractivity contribution in [2.24, 2.45) is 10.7 Å². The van der Waals surface area contributed by atoms with Crippen molar-refractivity contribution in [3.05, 3.63) is 108 Å². The molecule has 0 aliphatic carbocycles. The molecule has 9 heteroatoms. The summed E-state index contributed by atoms with van der Waals surface area (Å²) in [4.78, 5) is 32.7. The number of guanidine groups is 1. The lowest BCUT2D eigenvalue weighted by atomic mass is 9.90. The maximum Gasteiger partial charge on any atom is 0.244 e. The third-order valence-corrected chi connectivity index (χ3v) is 7.96. The van der Waals surface area contributed by atoms with Gasteiger partial charge in [-0.3, -0.25) is 14.6 Å². The van der Waals surface area contributed by atoms with Gasteiger partial charge in [0.1, 0.15) is 5.75 Å². The molecule has 1 aliphatic heterocycles. The van der Waals surface area contributed by atoms with Crippen LogP contribution in [0.2, 0.25) is 0 Å². The summed E-state index contributed by atoms with van der Waals surface area (Å²) in [6, 6.07) is 27.9. The summed E-state index contributed by atoms with van der Waals surface area (Å²) in [5.74, 6) is 1.12. The molecule has 0 radical (unpaired) electrons. The molecule has 45 heavy (non-hydrogen) atoms. The Bertz CT molecular complexity index is 1360. The fourth-order valence-electron chi connectivity index (χ4n) is 5.52. The molecule has 1 fully saturated rings. The van der Waals surface area contributed by atoms with Crippen molar-refractivity contribution < 1.29 is 14.3 Å². The van der Waals surface area contributed by atoms with E-state index in [1.807, 2.05) is 72.5 Å². The molecule has 5 N–H and O–H groups in total. The van der Waals surface area contributed by atoms with Gasteiger partial charge in [0.25, 0.3) is 0 Å². The Labute approximate surface area is 267 Å². The first-order chi connectivity index (χ1) is 22.0. The predicted molar refractivity (Wildman–Crippen MR) is 181 cm³/mol. The zero-order valence-electron chi connectivity index (χ0n) is 26.3. The lowest BCUT2D eigenvalue weighted by molar-refractivity contribution is -0.133. The summed E-state index contributed by atoms with van der Waals surface area (Å²) in [5, 5.41) is 9.67. The second-order valence-electron chi connectivity index (χ2n) is 11.1. The molecule has 1 aliphatic rings. The number of rotatable bonds is 14. The third-order valence-electron chi connectivity index (χ3n) is 7.96. The normalized spacial score (nSPS) is 17.4.